The Morgan fingerprint density at radius 1 is 0.941 bits per heavy atom. The highest BCUT2D eigenvalue weighted by atomic mass is 35.5. The number of hydrogen-bond donors (Lipinski definition) is 0. The van der Waals surface area contributed by atoms with Crippen molar-refractivity contribution in [2.75, 3.05) is 0 Å². The van der Waals surface area contributed by atoms with Gasteiger partial charge in [0.1, 0.15) is 4.84 Å². The molecule has 0 aliphatic carbocycles. The predicted octanol–water partition coefficient (Wildman–Crippen LogP) is 2.99. The van der Waals surface area contributed by atoms with Crippen LogP contribution < -0.4 is 0 Å². The molecule has 0 amide bonds. The molecule has 0 aromatic heterocycles. The molecule has 0 saturated carbocycles. The molecule has 3 nitrogen and oxygen atoms in total. The Kier molecular flexibility index (Phi) is 7.57. The molecule has 0 N–H and O–H groups in total. The molecule has 0 saturated heterocycles. The van der Waals surface area contributed by atoms with Crippen LogP contribution in [0, 0.1) is 0 Å². The highest BCUT2D eigenvalue weighted by molar-refractivity contribution is 6.43. The van der Waals surface area contributed by atoms with Crippen molar-refractivity contribution < 1.29 is 40.7 Å². The van der Waals surface area contributed by atoms with Crippen LogP contribution in [0.3, 0.4) is 0 Å². The molecule has 0 bridgehead atoms. The van der Waals surface area contributed by atoms with Crippen LogP contribution in [-0.4, -0.2) is 29.1 Å². The molecule has 0 rings (SSSR count). The summed E-state index contributed by atoms with van der Waals surface area (Å²) >= 11 is 10.1. The van der Waals surface area contributed by atoms with Gasteiger partial charge in [0, 0.05) is 0 Å². The van der Waals surface area contributed by atoms with Crippen LogP contribution in [0.2, 0.25) is 0 Å². The fourth-order valence-electron chi connectivity index (χ4n) is 0.200. The van der Waals surface area contributed by atoms with Gasteiger partial charge in [-0.25, -0.2) is 9.59 Å². The van der Waals surface area contributed by atoms with Gasteiger partial charge >= 0.3 is 24.3 Å². The lowest BCUT2D eigenvalue weighted by Gasteiger charge is -2.06. The minimum atomic E-state index is -5.62. The Bertz CT molecular complexity index is 245. The highest BCUT2D eigenvalue weighted by Gasteiger charge is 2.49. The molecule has 0 radical (unpaired) electrons. The number of ether oxygens (including phenoxy) is 1. The maximum Gasteiger partial charge on any atom is 0.491 e. The number of carbonyl (C=O) groups excluding carboxylic acids is 2. The molecule has 0 aliphatic rings. The Hall–Kier alpha value is -0.700. The van der Waals surface area contributed by atoms with Gasteiger partial charge in [-0.15, -0.1) is 23.2 Å². The van der Waals surface area contributed by atoms with Gasteiger partial charge in [0.25, 0.3) is 0 Å². The summed E-state index contributed by atoms with van der Waals surface area (Å²) in [5.41, 5.74) is 0. The van der Waals surface area contributed by atoms with Gasteiger partial charge in [0.15, 0.2) is 0 Å². The summed E-state index contributed by atoms with van der Waals surface area (Å²) in [7, 11) is 0. The van der Waals surface area contributed by atoms with Crippen molar-refractivity contribution in [1.82, 2.24) is 0 Å². The number of carbonyl (C=O) groups is 2. The van der Waals surface area contributed by atoms with E-state index < -0.39 is 24.3 Å². The van der Waals surface area contributed by atoms with E-state index in [0.717, 1.165) is 0 Å². The second-order valence-corrected chi connectivity index (χ2v) is 3.72. The maximum atomic E-state index is 11.2. The molecule has 0 spiro atoms. The SMILES string of the molecule is CC(Cl)Cl.O=C(OC(=O)C(F)(F)F)C(F)(F)F. The van der Waals surface area contributed by atoms with Crippen LogP contribution in [-0.2, 0) is 14.3 Å². The van der Waals surface area contributed by atoms with Gasteiger partial charge in [0.05, 0.1) is 0 Å². The van der Waals surface area contributed by atoms with E-state index in [1.807, 2.05) is 0 Å². The maximum absolute atomic E-state index is 11.2. The van der Waals surface area contributed by atoms with Gasteiger partial charge in [0.2, 0.25) is 0 Å². The van der Waals surface area contributed by atoms with Gasteiger partial charge in [-0.2, -0.15) is 26.3 Å². The highest BCUT2D eigenvalue weighted by Crippen LogP contribution is 2.21. The third-order valence-corrected chi connectivity index (χ3v) is 0.648. The molecule has 17 heavy (non-hydrogen) atoms. The predicted molar refractivity (Wildman–Crippen MR) is 44.4 cm³/mol. The normalized spacial score (nSPS) is 11.6. The van der Waals surface area contributed by atoms with E-state index in [4.69, 9.17) is 23.2 Å². The molecule has 0 atom stereocenters. The van der Waals surface area contributed by atoms with Gasteiger partial charge < -0.3 is 4.74 Å². The average Bonchev–Trinajstić information content (AvgIpc) is 1.98. The van der Waals surface area contributed by atoms with Crippen molar-refractivity contribution in [1.29, 1.82) is 0 Å². The standard InChI is InChI=1S/C4F6O3.C2H4Cl2/c5-3(6,7)1(11)13-2(12)4(8,9)10;1-2(3)4/h;2H,1H3. The summed E-state index contributed by atoms with van der Waals surface area (Å²) < 4.78 is 69.7. The summed E-state index contributed by atoms with van der Waals surface area (Å²) in [4.78, 5) is 19.1. The largest absolute Gasteiger partial charge is 0.491 e. The summed E-state index contributed by atoms with van der Waals surface area (Å²) in [5, 5.41) is 0. The van der Waals surface area contributed by atoms with Crippen LogP contribution in [0.5, 0.6) is 0 Å². The first-order valence-electron chi connectivity index (χ1n) is 3.46. The molecule has 0 fully saturated rings. The van der Waals surface area contributed by atoms with E-state index in [1.165, 1.54) is 0 Å². The second-order valence-electron chi connectivity index (χ2n) is 2.19. The molecule has 0 heterocycles. The van der Waals surface area contributed by atoms with Crippen LogP contribution in [0.25, 0.3) is 0 Å². The van der Waals surface area contributed by atoms with Crippen LogP contribution in [0.4, 0.5) is 26.3 Å². The molecule has 11 heteroatoms. The van der Waals surface area contributed by atoms with Crippen molar-refractivity contribution in [2.24, 2.45) is 0 Å². The molecule has 0 aromatic carbocycles. The lowest BCUT2D eigenvalue weighted by atomic mass is 10.6. The fourth-order valence-corrected chi connectivity index (χ4v) is 0.200. The van der Waals surface area contributed by atoms with Crippen molar-refractivity contribution in [3.8, 4) is 0 Å². The van der Waals surface area contributed by atoms with Crippen molar-refractivity contribution in [3.05, 3.63) is 0 Å². The summed E-state index contributed by atoms with van der Waals surface area (Å²) in [5.74, 6) is -6.40. The van der Waals surface area contributed by atoms with Crippen molar-refractivity contribution >= 4 is 35.1 Å². The number of halogens is 8. The average molecular weight is 309 g/mol. The zero-order valence-corrected chi connectivity index (χ0v) is 9.34. The van der Waals surface area contributed by atoms with Crippen LogP contribution >= 0.6 is 23.2 Å². The molecule has 0 unspecified atom stereocenters. The van der Waals surface area contributed by atoms with Crippen LogP contribution in [0.1, 0.15) is 6.92 Å². The van der Waals surface area contributed by atoms with E-state index in [-0.39, 0.29) is 4.84 Å². The molecular weight excluding hydrogens is 305 g/mol. The van der Waals surface area contributed by atoms with Crippen molar-refractivity contribution in [2.45, 2.75) is 24.1 Å². The third-order valence-electron chi connectivity index (χ3n) is 0.648. The van der Waals surface area contributed by atoms with E-state index >= 15 is 0 Å². The van der Waals surface area contributed by atoms with Gasteiger partial charge in [-0.05, 0) is 6.92 Å². The number of alkyl halides is 8. The minimum absolute atomic E-state index is 0.222. The second kappa shape index (κ2) is 6.90. The first-order valence-corrected chi connectivity index (χ1v) is 4.34. The van der Waals surface area contributed by atoms with E-state index in [1.54, 1.807) is 6.92 Å². The quantitative estimate of drug-likeness (QED) is 0.299. The van der Waals surface area contributed by atoms with E-state index in [2.05, 4.69) is 4.74 Å². The van der Waals surface area contributed by atoms with E-state index in [0.29, 0.717) is 0 Å². The first-order chi connectivity index (χ1) is 7.28. The lowest BCUT2D eigenvalue weighted by Crippen LogP contribution is -2.34. The zero-order chi connectivity index (χ0) is 14.4. The molecule has 0 aliphatic heterocycles. The van der Waals surface area contributed by atoms with Gasteiger partial charge in [-0.3, -0.25) is 0 Å². The van der Waals surface area contributed by atoms with Crippen molar-refractivity contribution in [3.63, 3.8) is 0 Å². The molecule has 102 valence electrons. The Balaban J connectivity index is 0. The first kappa shape index (κ1) is 18.7. The Labute approximate surface area is 101 Å². The lowest BCUT2D eigenvalue weighted by molar-refractivity contribution is -0.221. The topological polar surface area (TPSA) is 43.4 Å². The smallest absolute Gasteiger partial charge is 0.380 e. The monoisotopic (exact) mass is 308 g/mol. The van der Waals surface area contributed by atoms with E-state index in [9.17, 15) is 35.9 Å². The summed E-state index contributed by atoms with van der Waals surface area (Å²) in [6, 6.07) is 0. The summed E-state index contributed by atoms with van der Waals surface area (Å²) in [6.45, 7) is 1.70. The van der Waals surface area contributed by atoms with Gasteiger partial charge in [-0.1, -0.05) is 0 Å². The minimum Gasteiger partial charge on any atom is -0.380 e. The van der Waals surface area contributed by atoms with Crippen LogP contribution in [0.15, 0.2) is 0 Å². The Morgan fingerprint density at radius 2 is 1.12 bits per heavy atom. The summed E-state index contributed by atoms with van der Waals surface area (Å²) in [6.07, 6.45) is -11.2. The number of esters is 2. The molecule has 0 aromatic rings. The zero-order valence-electron chi connectivity index (χ0n) is 7.83. The number of hydrogen-bond acceptors (Lipinski definition) is 3. The third kappa shape index (κ3) is 11.6. The molecular formula is C6H4Cl2F6O3. The fraction of sp³-hybridized carbons (Fsp3) is 0.667. The number of rotatable bonds is 0. The Morgan fingerprint density at radius 3 is 1.24 bits per heavy atom.